The zero-order chi connectivity index (χ0) is 17.8. The first-order chi connectivity index (χ1) is 12.1. The van der Waals surface area contributed by atoms with Crippen molar-refractivity contribution in [3.8, 4) is 5.75 Å². The highest BCUT2D eigenvalue weighted by atomic mass is 19.1. The van der Waals surface area contributed by atoms with Crippen LogP contribution < -0.4 is 4.74 Å². The summed E-state index contributed by atoms with van der Waals surface area (Å²) in [6.45, 7) is 5.52. The second-order valence-electron chi connectivity index (χ2n) is 6.33. The second kappa shape index (κ2) is 7.66. The van der Waals surface area contributed by atoms with Crippen molar-refractivity contribution >= 4 is 5.91 Å². The molecule has 0 saturated carbocycles. The van der Waals surface area contributed by atoms with Gasteiger partial charge in [-0.1, -0.05) is 18.2 Å². The minimum Gasteiger partial charge on any atom is -0.496 e. The molecule has 5 heteroatoms. The lowest BCUT2D eigenvalue weighted by Gasteiger charge is -2.35. The van der Waals surface area contributed by atoms with Crippen LogP contribution in [-0.2, 0) is 6.54 Å². The van der Waals surface area contributed by atoms with E-state index in [1.54, 1.807) is 19.2 Å². The number of benzene rings is 2. The van der Waals surface area contributed by atoms with Crippen molar-refractivity contribution in [2.24, 2.45) is 0 Å². The predicted molar refractivity (Wildman–Crippen MR) is 95.3 cm³/mol. The zero-order valence-electron chi connectivity index (χ0n) is 14.7. The van der Waals surface area contributed by atoms with E-state index >= 15 is 0 Å². The Morgan fingerprint density at radius 3 is 2.52 bits per heavy atom. The molecule has 0 aromatic heterocycles. The van der Waals surface area contributed by atoms with Crippen LogP contribution in [0.2, 0.25) is 0 Å². The lowest BCUT2D eigenvalue weighted by Crippen LogP contribution is -2.48. The van der Waals surface area contributed by atoms with Gasteiger partial charge in [-0.2, -0.15) is 0 Å². The number of nitrogens with zero attached hydrogens (tertiary/aromatic N) is 2. The van der Waals surface area contributed by atoms with Crippen LogP contribution in [0.15, 0.2) is 42.5 Å². The van der Waals surface area contributed by atoms with E-state index in [0.717, 1.165) is 30.0 Å². The number of hydrogen-bond acceptors (Lipinski definition) is 3. The molecule has 1 heterocycles. The van der Waals surface area contributed by atoms with Gasteiger partial charge < -0.3 is 9.64 Å². The molecule has 0 unspecified atom stereocenters. The Kier molecular flexibility index (Phi) is 5.34. The number of piperazine rings is 1. The van der Waals surface area contributed by atoms with E-state index in [2.05, 4.69) is 4.90 Å². The van der Waals surface area contributed by atoms with Crippen molar-refractivity contribution in [1.82, 2.24) is 9.80 Å². The molecule has 1 aliphatic heterocycles. The van der Waals surface area contributed by atoms with Crippen LogP contribution in [0.3, 0.4) is 0 Å². The molecular weight excluding hydrogens is 319 g/mol. The molecule has 2 aromatic carbocycles. The van der Waals surface area contributed by atoms with Crippen molar-refractivity contribution < 1.29 is 13.9 Å². The number of carbonyl (C=O) groups excluding carboxylic acids is 1. The van der Waals surface area contributed by atoms with E-state index in [1.165, 1.54) is 6.07 Å². The molecule has 0 aliphatic carbocycles. The van der Waals surface area contributed by atoms with Gasteiger partial charge in [-0.3, -0.25) is 9.69 Å². The first kappa shape index (κ1) is 17.4. The van der Waals surface area contributed by atoms with Crippen molar-refractivity contribution in [3.63, 3.8) is 0 Å². The zero-order valence-corrected chi connectivity index (χ0v) is 14.7. The van der Waals surface area contributed by atoms with Crippen LogP contribution in [0.1, 0.15) is 21.5 Å². The van der Waals surface area contributed by atoms with E-state index in [1.807, 2.05) is 36.1 Å². The number of methoxy groups -OCH3 is 1. The Balaban J connectivity index is 1.61. The van der Waals surface area contributed by atoms with Crippen molar-refractivity contribution in [1.29, 1.82) is 0 Å². The number of hydrogen-bond donors (Lipinski definition) is 0. The fourth-order valence-electron chi connectivity index (χ4n) is 3.24. The van der Waals surface area contributed by atoms with Crippen molar-refractivity contribution in [2.75, 3.05) is 33.3 Å². The number of carbonyl (C=O) groups is 1. The number of amides is 1. The van der Waals surface area contributed by atoms with Crippen molar-refractivity contribution in [3.05, 3.63) is 65.0 Å². The molecule has 1 aliphatic rings. The lowest BCUT2D eigenvalue weighted by molar-refractivity contribution is 0.0627. The molecule has 2 aromatic rings. The Morgan fingerprint density at radius 1 is 1.12 bits per heavy atom. The normalized spacial score (nSPS) is 15.2. The Labute approximate surface area is 147 Å². The monoisotopic (exact) mass is 342 g/mol. The molecule has 0 spiro atoms. The molecule has 132 valence electrons. The first-order valence-electron chi connectivity index (χ1n) is 8.48. The summed E-state index contributed by atoms with van der Waals surface area (Å²) in [6.07, 6.45) is 0. The summed E-state index contributed by atoms with van der Waals surface area (Å²) in [7, 11) is 1.61. The average molecular weight is 342 g/mol. The molecule has 0 radical (unpaired) electrons. The van der Waals surface area contributed by atoms with Gasteiger partial charge in [-0.15, -0.1) is 0 Å². The smallest absolute Gasteiger partial charge is 0.254 e. The van der Waals surface area contributed by atoms with Gasteiger partial charge in [0.1, 0.15) is 11.6 Å². The molecule has 4 nitrogen and oxygen atoms in total. The summed E-state index contributed by atoms with van der Waals surface area (Å²) < 4.78 is 18.6. The Morgan fingerprint density at radius 2 is 1.84 bits per heavy atom. The minimum atomic E-state index is -0.209. The second-order valence-corrected chi connectivity index (χ2v) is 6.33. The van der Waals surface area contributed by atoms with Gasteiger partial charge in [0.15, 0.2) is 0 Å². The van der Waals surface area contributed by atoms with E-state index in [4.69, 9.17) is 4.74 Å². The third-order valence-electron chi connectivity index (χ3n) is 4.69. The van der Waals surface area contributed by atoms with Crippen LogP contribution in [0, 0.1) is 12.7 Å². The highest BCUT2D eigenvalue weighted by molar-refractivity contribution is 5.96. The number of ether oxygens (including phenoxy) is 1. The lowest BCUT2D eigenvalue weighted by atomic mass is 10.1. The quantitative estimate of drug-likeness (QED) is 0.856. The molecule has 0 atom stereocenters. The third kappa shape index (κ3) is 3.99. The molecule has 1 fully saturated rings. The Hall–Kier alpha value is -2.40. The maximum atomic E-state index is 13.3. The summed E-state index contributed by atoms with van der Waals surface area (Å²) in [5, 5.41) is 0. The fourth-order valence-corrected chi connectivity index (χ4v) is 3.24. The highest BCUT2D eigenvalue weighted by Gasteiger charge is 2.24. The molecule has 25 heavy (non-hydrogen) atoms. The van der Waals surface area contributed by atoms with E-state index in [0.29, 0.717) is 25.2 Å². The fraction of sp³-hybridized carbons (Fsp3) is 0.350. The SMILES string of the molecule is COc1cccc(C(=O)N2CCN(Cc3cccc(F)c3)CC2)c1C. The van der Waals surface area contributed by atoms with Gasteiger partial charge in [0.25, 0.3) is 5.91 Å². The minimum absolute atomic E-state index is 0.0433. The molecule has 0 N–H and O–H groups in total. The van der Waals surface area contributed by atoms with Crippen LogP contribution in [0.5, 0.6) is 5.75 Å². The largest absolute Gasteiger partial charge is 0.496 e. The van der Waals surface area contributed by atoms with Crippen molar-refractivity contribution in [2.45, 2.75) is 13.5 Å². The number of rotatable bonds is 4. The topological polar surface area (TPSA) is 32.8 Å². The average Bonchev–Trinajstić information content (AvgIpc) is 2.62. The van der Waals surface area contributed by atoms with Gasteiger partial charge >= 0.3 is 0 Å². The third-order valence-corrected chi connectivity index (χ3v) is 4.69. The standard InChI is InChI=1S/C20H23FN2O2/c1-15-18(7-4-8-19(15)25-2)20(24)23-11-9-22(10-12-23)14-16-5-3-6-17(21)13-16/h3-8,13H,9-12,14H2,1-2H3. The van der Waals surface area contributed by atoms with Crippen LogP contribution in [0.4, 0.5) is 4.39 Å². The summed E-state index contributed by atoms with van der Waals surface area (Å²) in [5.74, 6) is 0.567. The van der Waals surface area contributed by atoms with Gasteiger partial charge in [0, 0.05) is 43.9 Å². The summed E-state index contributed by atoms with van der Waals surface area (Å²) in [5.41, 5.74) is 2.53. The maximum absolute atomic E-state index is 13.3. The van der Waals surface area contributed by atoms with E-state index in [9.17, 15) is 9.18 Å². The van der Waals surface area contributed by atoms with Crippen LogP contribution in [0.25, 0.3) is 0 Å². The van der Waals surface area contributed by atoms with Gasteiger partial charge in [0.05, 0.1) is 7.11 Å². The molecule has 3 rings (SSSR count). The molecule has 1 amide bonds. The predicted octanol–water partition coefficient (Wildman–Crippen LogP) is 3.10. The van der Waals surface area contributed by atoms with Gasteiger partial charge in [-0.25, -0.2) is 4.39 Å². The van der Waals surface area contributed by atoms with Crippen LogP contribution >= 0.6 is 0 Å². The van der Waals surface area contributed by atoms with Gasteiger partial charge in [-0.05, 0) is 36.8 Å². The first-order valence-corrected chi connectivity index (χ1v) is 8.48. The van der Waals surface area contributed by atoms with Gasteiger partial charge in [0.2, 0.25) is 0 Å². The molecule has 0 bridgehead atoms. The summed E-state index contributed by atoms with van der Waals surface area (Å²) in [4.78, 5) is 16.9. The highest BCUT2D eigenvalue weighted by Crippen LogP contribution is 2.22. The van der Waals surface area contributed by atoms with Crippen LogP contribution in [-0.4, -0.2) is 49.0 Å². The van der Waals surface area contributed by atoms with E-state index in [-0.39, 0.29) is 11.7 Å². The molecular formula is C20H23FN2O2. The Bertz CT molecular complexity index is 755. The summed E-state index contributed by atoms with van der Waals surface area (Å²) >= 11 is 0. The maximum Gasteiger partial charge on any atom is 0.254 e. The summed E-state index contributed by atoms with van der Waals surface area (Å²) in [6, 6.07) is 12.2. The molecule has 1 saturated heterocycles. The van der Waals surface area contributed by atoms with E-state index < -0.39 is 0 Å². The number of halogens is 1.